The van der Waals surface area contributed by atoms with Crippen LogP contribution in [0.15, 0.2) is 52.7 Å². The molecular weight excluding hydrogens is 308 g/mol. The predicted molar refractivity (Wildman–Crippen MR) is 93.4 cm³/mol. The lowest BCUT2D eigenvalue weighted by Crippen LogP contribution is -2.26. The molecule has 0 unspecified atom stereocenters. The van der Waals surface area contributed by atoms with E-state index in [4.69, 9.17) is 5.11 Å². The molecule has 2 aromatic carbocycles. The molecule has 2 aromatic rings. The van der Waals surface area contributed by atoms with Crippen molar-refractivity contribution in [2.24, 2.45) is 10.2 Å². The van der Waals surface area contributed by atoms with Crippen LogP contribution in [0, 0.1) is 17.0 Å². The number of nitro benzene ring substituents is 1. The molecule has 0 bridgehead atoms. The second-order valence-corrected chi connectivity index (χ2v) is 5.25. The number of hydrogen-bond donors (Lipinski definition) is 1. The van der Waals surface area contributed by atoms with Crippen molar-refractivity contribution in [1.29, 1.82) is 0 Å². The van der Waals surface area contributed by atoms with Crippen molar-refractivity contribution in [1.82, 2.24) is 0 Å². The second kappa shape index (κ2) is 8.16. The molecule has 126 valence electrons. The summed E-state index contributed by atoms with van der Waals surface area (Å²) in [5.74, 6) is 0. The Kier molecular flexibility index (Phi) is 5.97. The normalized spacial score (nSPS) is 11.0. The maximum absolute atomic E-state index is 10.6. The molecule has 0 spiro atoms. The van der Waals surface area contributed by atoms with Gasteiger partial charge in [0.15, 0.2) is 0 Å². The van der Waals surface area contributed by atoms with Crippen LogP contribution in [-0.2, 0) is 0 Å². The molecule has 0 saturated carbocycles. The maximum Gasteiger partial charge on any atom is 0.269 e. The number of aliphatic hydroxyl groups is 1. The van der Waals surface area contributed by atoms with Crippen LogP contribution in [0.4, 0.5) is 22.7 Å². The summed E-state index contributed by atoms with van der Waals surface area (Å²) in [4.78, 5) is 12.3. The van der Waals surface area contributed by atoms with Crippen LogP contribution in [-0.4, -0.2) is 29.7 Å². The van der Waals surface area contributed by atoms with Gasteiger partial charge in [-0.15, -0.1) is 0 Å². The van der Waals surface area contributed by atoms with E-state index < -0.39 is 4.92 Å². The SMILES string of the molecule is CCN(CCO)c1ccc(N=Nc2ccc([N+](=O)[O-])cc2)c(C)c1. The van der Waals surface area contributed by atoms with E-state index >= 15 is 0 Å². The number of anilines is 1. The van der Waals surface area contributed by atoms with E-state index in [2.05, 4.69) is 15.1 Å². The van der Waals surface area contributed by atoms with Gasteiger partial charge in [-0.05, 0) is 49.7 Å². The van der Waals surface area contributed by atoms with Crippen molar-refractivity contribution in [3.63, 3.8) is 0 Å². The molecule has 0 aliphatic heterocycles. The summed E-state index contributed by atoms with van der Waals surface area (Å²) in [6.45, 7) is 5.48. The molecule has 2 rings (SSSR count). The Bertz CT molecular complexity index is 729. The highest BCUT2D eigenvalue weighted by molar-refractivity contribution is 5.57. The van der Waals surface area contributed by atoms with Gasteiger partial charge in [-0.1, -0.05) is 0 Å². The topological polar surface area (TPSA) is 91.3 Å². The summed E-state index contributed by atoms with van der Waals surface area (Å²) in [6, 6.07) is 11.7. The Morgan fingerprint density at radius 1 is 1.17 bits per heavy atom. The van der Waals surface area contributed by atoms with E-state index in [0.717, 1.165) is 23.5 Å². The Morgan fingerprint density at radius 3 is 2.42 bits per heavy atom. The summed E-state index contributed by atoms with van der Waals surface area (Å²) in [5, 5.41) is 28.1. The van der Waals surface area contributed by atoms with Gasteiger partial charge in [0, 0.05) is 30.9 Å². The summed E-state index contributed by atoms with van der Waals surface area (Å²) in [6.07, 6.45) is 0. The summed E-state index contributed by atoms with van der Waals surface area (Å²) in [5.41, 5.74) is 3.31. The minimum absolute atomic E-state index is 0.0259. The summed E-state index contributed by atoms with van der Waals surface area (Å²) < 4.78 is 0. The molecule has 0 saturated heterocycles. The van der Waals surface area contributed by atoms with E-state index in [-0.39, 0.29) is 12.3 Å². The van der Waals surface area contributed by atoms with Crippen molar-refractivity contribution < 1.29 is 10.0 Å². The average molecular weight is 328 g/mol. The zero-order chi connectivity index (χ0) is 17.5. The number of benzene rings is 2. The highest BCUT2D eigenvalue weighted by Crippen LogP contribution is 2.27. The van der Waals surface area contributed by atoms with Gasteiger partial charge in [0.05, 0.1) is 22.9 Å². The van der Waals surface area contributed by atoms with Gasteiger partial charge in [-0.3, -0.25) is 10.1 Å². The number of rotatable bonds is 7. The molecule has 1 N–H and O–H groups in total. The number of aryl methyl sites for hydroxylation is 1. The van der Waals surface area contributed by atoms with Gasteiger partial charge in [-0.25, -0.2) is 0 Å². The molecule has 24 heavy (non-hydrogen) atoms. The Morgan fingerprint density at radius 2 is 1.88 bits per heavy atom. The fourth-order valence-corrected chi connectivity index (χ4v) is 2.29. The number of likely N-dealkylation sites (N-methyl/N-ethyl adjacent to an activating group) is 1. The maximum atomic E-state index is 10.6. The highest BCUT2D eigenvalue weighted by atomic mass is 16.6. The quantitative estimate of drug-likeness (QED) is 0.470. The fourth-order valence-electron chi connectivity index (χ4n) is 2.29. The van der Waals surface area contributed by atoms with Gasteiger partial charge < -0.3 is 10.0 Å². The zero-order valence-corrected chi connectivity index (χ0v) is 13.7. The molecule has 7 nitrogen and oxygen atoms in total. The Hall–Kier alpha value is -2.80. The van der Waals surface area contributed by atoms with Crippen LogP contribution in [0.5, 0.6) is 0 Å². The van der Waals surface area contributed by atoms with Crippen LogP contribution in [0.3, 0.4) is 0 Å². The second-order valence-electron chi connectivity index (χ2n) is 5.25. The number of aliphatic hydroxyl groups excluding tert-OH is 1. The van der Waals surface area contributed by atoms with Crippen molar-refractivity contribution in [3.8, 4) is 0 Å². The lowest BCUT2D eigenvalue weighted by Gasteiger charge is -2.22. The van der Waals surface area contributed by atoms with E-state index in [9.17, 15) is 10.1 Å². The molecule has 0 aliphatic rings. The molecule has 0 amide bonds. The number of nitrogens with zero attached hydrogens (tertiary/aromatic N) is 4. The first-order valence-corrected chi connectivity index (χ1v) is 7.67. The average Bonchev–Trinajstić information content (AvgIpc) is 2.59. The van der Waals surface area contributed by atoms with Gasteiger partial charge >= 0.3 is 0 Å². The van der Waals surface area contributed by atoms with Crippen LogP contribution < -0.4 is 4.90 Å². The van der Waals surface area contributed by atoms with Crippen molar-refractivity contribution in [2.75, 3.05) is 24.6 Å². The third kappa shape index (κ3) is 4.36. The largest absolute Gasteiger partial charge is 0.395 e. The van der Waals surface area contributed by atoms with Gasteiger partial charge in [-0.2, -0.15) is 10.2 Å². The lowest BCUT2D eigenvalue weighted by molar-refractivity contribution is -0.384. The van der Waals surface area contributed by atoms with Crippen molar-refractivity contribution in [3.05, 3.63) is 58.1 Å². The van der Waals surface area contributed by atoms with Gasteiger partial charge in [0.25, 0.3) is 5.69 Å². The zero-order valence-electron chi connectivity index (χ0n) is 13.7. The summed E-state index contributed by atoms with van der Waals surface area (Å²) in [7, 11) is 0. The third-order valence-corrected chi connectivity index (χ3v) is 3.63. The minimum Gasteiger partial charge on any atom is -0.395 e. The van der Waals surface area contributed by atoms with Gasteiger partial charge in [0.1, 0.15) is 0 Å². The standard InChI is InChI=1S/C17H20N4O3/c1-3-20(10-11-22)16-8-9-17(13(2)12-16)19-18-14-4-6-15(7-5-14)21(23)24/h4-9,12,22H,3,10-11H2,1-2H3. The number of nitro groups is 1. The predicted octanol–water partition coefficient (Wildman–Crippen LogP) is 4.14. The van der Waals surface area contributed by atoms with E-state index in [1.165, 1.54) is 12.1 Å². The Balaban J connectivity index is 2.16. The van der Waals surface area contributed by atoms with Crippen LogP contribution in [0.1, 0.15) is 12.5 Å². The lowest BCUT2D eigenvalue weighted by atomic mass is 10.1. The van der Waals surface area contributed by atoms with Crippen LogP contribution >= 0.6 is 0 Å². The number of hydrogen-bond acceptors (Lipinski definition) is 6. The molecule has 0 atom stereocenters. The summed E-state index contributed by atoms with van der Waals surface area (Å²) >= 11 is 0. The molecule has 0 aromatic heterocycles. The van der Waals surface area contributed by atoms with Crippen LogP contribution in [0.25, 0.3) is 0 Å². The van der Waals surface area contributed by atoms with E-state index in [1.54, 1.807) is 12.1 Å². The number of azo groups is 1. The monoisotopic (exact) mass is 328 g/mol. The first-order valence-electron chi connectivity index (χ1n) is 7.67. The molecular formula is C17H20N4O3. The van der Waals surface area contributed by atoms with Crippen molar-refractivity contribution >= 4 is 22.7 Å². The molecule has 0 fully saturated rings. The van der Waals surface area contributed by atoms with E-state index in [1.807, 2.05) is 32.0 Å². The van der Waals surface area contributed by atoms with E-state index in [0.29, 0.717) is 12.2 Å². The van der Waals surface area contributed by atoms with Crippen LogP contribution in [0.2, 0.25) is 0 Å². The van der Waals surface area contributed by atoms with Gasteiger partial charge in [0.2, 0.25) is 0 Å². The molecule has 0 aliphatic carbocycles. The minimum atomic E-state index is -0.449. The highest BCUT2D eigenvalue weighted by Gasteiger charge is 2.06. The fraction of sp³-hybridized carbons (Fsp3) is 0.294. The Labute approximate surface area is 140 Å². The first kappa shape index (κ1) is 17.6. The third-order valence-electron chi connectivity index (χ3n) is 3.63. The number of non-ortho nitro benzene ring substituents is 1. The first-order chi connectivity index (χ1) is 11.5. The molecule has 0 radical (unpaired) electrons. The smallest absolute Gasteiger partial charge is 0.269 e. The molecule has 7 heteroatoms. The molecule has 0 heterocycles. The van der Waals surface area contributed by atoms with Crippen molar-refractivity contribution in [2.45, 2.75) is 13.8 Å².